The second-order valence-electron chi connectivity index (χ2n) is 7.90. The van der Waals surface area contributed by atoms with Crippen LogP contribution in [0.4, 0.5) is 0 Å². The fourth-order valence-electron chi connectivity index (χ4n) is 3.71. The van der Waals surface area contributed by atoms with Gasteiger partial charge in [-0.05, 0) is 57.1 Å². The minimum Gasteiger partial charge on any atom is -0.292 e. The maximum absolute atomic E-state index is 5.07. The summed E-state index contributed by atoms with van der Waals surface area (Å²) in [7, 11) is 0. The van der Waals surface area contributed by atoms with E-state index in [1.807, 2.05) is 20.1 Å². The fraction of sp³-hybridized carbons (Fsp3) is 0.481. The lowest BCUT2D eigenvalue weighted by atomic mass is 9.95. The third-order valence-electron chi connectivity index (χ3n) is 5.28. The van der Waals surface area contributed by atoms with Gasteiger partial charge >= 0.3 is 0 Å². The first-order valence-corrected chi connectivity index (χ1v) is 11.3. The Morgan fingerprint density at radius 2 is 1.76 bits per heavy atom. The van der Waals surface area contributed by atoms with Gasteiger partial charge in [0.15, 0.2) is 0 Å². The molecular formula is C27H38N2. The molecule has 2 nitrogen and oxygen atoms in total. The Labute approximate surface area is 178 Å². The monoisotopic (exact) mass is 390 g/mol. The zero-order chi connectivity index (χ0) is 21.1. The van der Waals surface area contributed by atoms with E-state index in [2.05, 4.69) is 55.8 Å². The summed E-state index contributed by atoms with van der Waals surface area (Å²) in [4.78, 5) is 9.57. The van der Waals surface area contributed by atoms with Crippen LogP contribution in [0.1, 0.15) is 83.3 Å². The SMILES string of the molecule is C=C(C)CCCCCCC1=NC(c2ccc(C)cc2)=C(C2=CCCN=C2)C1.CC. The van der Waals surface area contributed by atoms with Gasteiger partial charge in [-0.15, -0.1) is 6.58 Å². The minimum absolute atomic E-state index is 0.911. The number of benzene rings is 1. The smallest absolute Gasteiger partial charge is 0.0743 e. The number of nitrogens with zero attached hydrogens (tertiary/aromatic N) is 2. The summed E-state index contributed by atoms with van der Waals surface area (Å²) in [5.41, 5.74) is 8.95. The molecule has 156 valence electrons. The molecule has 0 radical (unpaired) electrons. The summed E-state index contributed by atoms with van der Waals surface area (Å²) >= 11 is 0. The second-order valence-corrected chi connectivity index (χ2v) is 7.90. The van der Waals surface area contributed by atoms with Crippen molar-refractivity contribution >= 4 is 17.6 Å². The van der Waals surface area contributed by atoms with Crippen molar-refractivity contribution in [1.82, 2.24) is 0 Å². The second kappa shape index (κ2) is 12.4. The topological polar surface area (TPSA) is 24.7 Å². The standard InChI is InChI=1S/C25H32N2.C2H6/c1-19(2)9-6-4-5-7-11-23-17-24(22-10-8-16-26-18-22)25(27-23)21-14-12-20(3)13-15-21;1-2/h10,12-15,18H,1,4-9,11,16-17H2,2-3H3;1-2H3. The molecule has 0 saturated carbocycles. The number of hydrogen-bond acceptors (Lipinski definition) is 2. The van der Waals surface area contributed by atoms with Gasteiger partial charge in [-0.25, -0.2) is 0 Å². The molecule has 0 N–H and O–H groups in total. The summed E-state index contributed by atoms with van der Waals surface area (Å²) in [6.45, 7) is 13.2. The van der Waals surface area contributed by atoms with E-state index in [4.69, 9.17) is 4.99 Å². The largest absolute Gasteiger partial charge is 0.292 e. The Kier molecular flexibility index (Phi) is 9.83. The number of allylic oxidation sites excluding steroid dienone is 3. The molecule has 0 aromatic heterocycles. The lowest BCUT2D eigenvalue weighted by Gasteiger charge is -2.10. The van der Waals surface area contributed by atoms with Gasteiger partial charge in [0.1, 0.15) is 0 Å². The van der Waals surface area contributed by atoms with Crippen molar-refractivity contribution < 1.29 is 0 Å². The summed E-state index contributed by atoms with van der Waals surface area (Å²) < 4.78 is 0. The van der Waals surface area contributed by atoms with Gasteiger partial charge in [0, 0.05) is 30.5 Å². The molecule has 2 heterocycles. The highest BCUT2D eigenvalue weighted by Gasteiger charge is 2.21. The van der Waals surface area contributed by atoms with Crippen molar-refractivity contribution in [2.75, 3.05) is 6.54 Å². The number of dihydropyridines is 1. The van der Waals surface area contributed by atoms with Gasteiger partial charge < -0.3 is 0 Å². The summed E-state index contributed by atoms with van der Waals surface area (Å²) in [6, 6.07) is 8.77. The highest BCUT2D eigenvalue weighted by molar-refractivity contribution is 6.03. The Hall–Kier alpha value is -2.22. The van der Waals surface area contributed by atoms with Gasteiger partial charge in [0.25, 0.3) is 0 Å². The molecule has 0 atom stereocenters. The molecule has 2 aliphatic heterocycles. The van der Waals surface area contributed by atoms with Crippen LogP contribution in [-0.4, -0.2) is 18.5 Å². The van der Waals surface area contributed by atoms with Crippen molar-refractivity contribution in [3.63, 3.8) is 0 Å². The zero-order valence-corrected chi connectivity index (χ0v) is 18.9. The molecule has 0 amide bonds. The Bertz CT molecular complexity index is 788. The summed E-state index contributed by atoms with van der Waals surface area (Å²) in [5.74, 6) is 0. The van der Waals surface area contributed by atoms with Crippen LogP contribution in [0.3, 0.4) is 0 Å². The predicted octanol–water partition coefficient (Wildman–Crippen LogP) is 7.89. The molecule has 3 rings (SSSR count). The van der Waals surface area contributed by atoms with Crippen molar-refractivity contribution in [2.24, 2.45) is 9.98 Å². The normalized spacial score (nSPS) is 15.6. The van der Waals surface area contributed by atoms with Crippen LogP contribution in [0.15, 0.2) is 63.6 Å². The van der Waals surface area contributed by atoms with Crippen LogP contribution >= 0.6 is 0 Å². The predicted molar refractivity (Wildman–Crippen MR) is 130 cm³/mol. The highest BCUT2D eigenvalue weighted by Crippen LogP contribution is 2.35. The molecule has 0 spiro atoms. The van der Waals surface area contributed by atoms with Crippen LogP contribution in [0.25, 0.3) is 5.70 Å². The van der Waals surface area contributed by atoms with Crippen molar-refractivity contribution in [3.05, 3.63) is 64.8 Å². The molecule has 0 saturated heterocycles. The van der Waals surface area contributed by atoms with Gasteiger partial charge in [0.05, 0.1) is 5.70 Å². The highest BCUT2D eigenvalue weighted by atomic mass is 14.8. The Morgan fingerprint density at radius 3 is 2.41 bits per heavy atom. The fourth-order valence-corrected chi connectivity index (χ4v) is 3.71. The molecule has 29 heavy (non-hydrogen) atoms. The maximum Gasteiger partial charge on any atom is 0.0743 e. The van der Waals surface area contributed by atoms with E-state index >= 15 is 0 Å². The molecule has 1 aromatic rings. The zero-order valence-electron chi connectivity index (χ0n) is 18.9. The minimum atomic E-state index is 0.911. The average Bonchev–Trinajstić information content (AvgIpc) is 3.17. The molecule has 0 aliphatic carbocycles. The van der Waals surface area contributed by atoms with Crippen LogP contribution < -0.4 is 0 Å². The van der Waals surface area contributed by atoms with E-state index in [0.29, 0.717) is 0 Å². The average molecular weight is 391 g/mol. The first kappa shape index (κ1) is 23.1. The number of unbranched alkanes of at least 4 members (excludes halogenated alkanes) is 3. The van der Waals surface area contributed by atoms with Crippen molar-refractivity contribution in [1.29, 1.82) is 0 Å². The third-order valence-corrected chi connectivity index (χ3v) is 5.28. The van der Waals surface area contributed by atoms with E-state index < -0.39 is 0 Å². The van der Waals surface area contributed by atoms with Crippen molar-refractivity contribution in [2.45, 2.75) is 79.1 Å². The van der Waals surface area contributed by atoms with Crippen LogP contribution in [0.5, 0.6) is 0 Å². The summed E-state index contributed by atoms with van der Waals surface area (Å²) in [5, 5.41) is 0. The Morgan fingerprint density at radius 1 is 1.03 bits per heavy atom. The van der Waals surface area contributed by atoms with E-state index in [1.54, 1.807) is 0 Å². The molecule has 0 bridgehead atoms. The molecular weight excluding hydrogens is 352 g/mol. The number of hydrogen-bond donors (Lipinski definition) is 0. The van der Waals surface area contributed by atoms with Crippen LogP contribution in [0.2, 0.25) is 0 Å². The molecule has 1 aromatic carbocycles. The Balaban J connectivity index is 0.00000145. The lowest BCUT2D eigenvalue weighted by Crippen LogP contribution is -2.01. The quantitative estimate of drug-likeness (QED) is 0.302. The lowest BCUT2D eigenvalue weighted by molar-refractivity contribution is 0.650. The third kappa shape index (κ3) is 7.27. The molecule has 2 aliphatic rings. The molecule has 0 unspecified atom stereocenters. The first-order valence-electron chi connectivity index (χ1n) is 11.3. The molecule has 0 fully saturated rings. The van der Waals surface area contributed by atoms with Crippen molar-refractivity contribution in [3.8, 4) is 0 Å². The number of aryl methyl sites for hydroxylation is 1. The number of rotatable bonds is 9. The number of aliphatic imine (C=N–C) groups is 2. The van der Waals surface area contributed by atoms with Gasteiger partial charge in [0.2, 0.25) is 0 Å². The van der Waals surface area contributed by atoms with E-state index in [0.717, 1.165) is 37.9 Å². The van der Waals surface area contributed by atoms with E-state index in [-0.39, 0.29) is 0 Å². The van der Waals surface area contributed by atoms with Crippen LogP contribution in [-0.2, 0) is 0 Å². The van der Waals surface area contributed by atoms with Gasteiger partial charge in [-0.1, -0.05) is 68.2 Å². The van der Waals surface area contributed by atoms with Crippen LogP contribution in [0, 0.1) is 6.92 Å². The molecule has 2 heteroatoms. The summed E-state index contributed by atoms with van der Waals surface area (Å²) in [6.07, 6.45) is 13.7. The van der Waals surface area contributed by atoms with E-state index in [1.165, 1.54) is 59.2 Å². The maximum atomic E-state index is 5.07. The van der Waals surface area contributed by atoms with Gasteiger partial charge in [-0.2, -0.15) is 0 Å². The first-order chi connectivity index (χ1) is 14.1. The van der Waals surface area contributed by atoms with Gasteiger partial charge in [-0.3, -0.25) is 9.98 Å². The van der Waals surface area contributed by atoms with E-state index in [9.17, 15) is 0 Å².